The highest BCUT2D eigenvalue weighted by Gasteiger charge is 2.43. The van der Waals surface area contributed by atoms with E-state index in [1.807, 2.05) is 25.1 Å². The van der Waals surface area contributed by atoms with Gasteiger partial charge in [0.05, 0.1) is 10.4 Å². The lowest BCUT2D eigenvalue weighted by atomic mass is 9.84. The predicted molar refractivity (Wildman–Crippen MR) is 87.1 cm³/mol. The topological polar surface area (TPSA) is 40.5 Å². The second-order valence-electron chi connectivity index (χ2n) is 5.74. The molecule has 1 aromatic carbocycles. The molecule has 0 radical (unpaired) electrons. The van der Waals surface area contributed by atoms with Crippen LogP contribution in [0.2, 0.25) is 5.02 Å². The van der Waals surface area contributed by atoms with Crippen LogP contribution in [0.1, 0.15) is 24.6 Å². The van der Waals surface area contributed by atoms with Crippen molar-refractivity contribution in [1.82, 2.24) is 4.90 Å². The summed E-state index contributed by atoms with van der Waals surface area (Å²) in [5.41, 5.74) is -0.580. The summed E-state index contributed by atoms with van der Waals surface area (Å²) in [6.45, 7) is 4.14. The van der Waals surface area contributed by atoms with Gasteiger partial charge in [-0.25, -0.2) is 0 Å². The van der Waals surface area contributed by atoms with Crippen molar-refractivity contribution < 1.29 is 9.90 Å². The van der Waals surface area contributed by atoms with Gasteiger partial charge in [-0.05, 0) is 25.5 Å². The minimum Gasteiger partial charge on any atom is -0.481 e. The SMILES string of the molecule is CCC1(C(=O)O)CCN(Cc2sc3ccccc3c2Cl)C1. The van der Waals surface area contributed by atoms with Gasteiger partial charge in [0.25, 0.3) is 0 Å². The van der Waals surface area contributed by atoms with Gasteiger partial charge in [0.2, 0.25) is 0 Å². The highest BCUT2D eigenvalue weighted by Crippen LogP contribution is 2.39. The molecule has 0 spiro atoms. The third-order valence-corrected chi connectivity index (χ3v) is 6.23. The number of hydrogen-bond acceptors (Lipinski definition) is 3. The Balaban J connectivity index is 1.81. The van der Waals surface area contributed by atoms with Crippen LogP contribution < -0.4 is 0 Å². The van der Waals surface area contributed by atoms with E-state index in [0.717, 1.165) is 34.8 Å². The van der Waals surface area contributed by atoms with Crippen LogP contribution in [0, 0.1) is 5.41 Å². The Hall–Kier alpha value is -1.10. The maximum absolute atomic E-state index is 11.5. The second-order valence-corrected chi connectivity index (χ2v) is 7.25. The molecule has 1 atom stereocenters. The monoisotopic (exact) mass is 323 g/mol. The van der Waals surface area contributed by atoms with Gasteiger partial charge in [0, 0.05) is 28.1 Å². The molecule has 0 bridgehead atoms. The third kappa shape index (κ3) is 2.56. The summed E-state index contributed by atoms with van der Waals surface area (Å²) in [6, 6.07) is 8.12. The van der Waals surface area contributed by atoms with Gasteiger partial charge in [-0.15, -0.1) is 11.3 Å². The number of thiophene rings is 1. The van der Waals surface area contributed by atoms with Crippen molar-refractivity contribution in [2.75, 3.05) is 13.1 Å². The molecule has 5 heteroatoms. The lowest BCUT2D eigenvalue weighted by molar-refractivity contribution is -0.148. The van der Waals surface area contributed by atoms with Crippen LogP contribution in [0.15, 0.2) is 24.3 Å². The molecule has 1 aliphatic heterocycles. The maximum Gasteiger partial charge on any atom is 0.310 e. The summed E-state index contributed by atoms with van der Waals surface area (Å²) in [6.07, 6.45) is 1.40. The minimum absolute atomic E-state index is 0.580. The molecule has 1 aromatic heterocycles. The van der Waals surface area contributed by atoms with E-state index in [1.54, 1.807) is 11.3 Å². The van der Waals surface area contributed by atoms with Crippen molar-refractivity contribution in [2.24, 2.45) is 5.41 Å². The Morgan fingerprint density at radius 1 is 1.48 bits per heavy atom. The lowest BCUT2D eigenvalue weighted by Gasteiger charge is -2.22. The lowest BCUT2D eigenvalue weighted by Crippen LogP contribution is -2.33. The van der Waals surface area contributed by atoms with Crippen molar-refractivity contribution in [2.45, 2.75) is 26.3 Å². The Bertz CT molecular complexity index is 684. The fourth-order valence-corrected chi connectivity index (χ4v) is 4.61. The van der Waals surface area contributed by atoms with Gasteiger partial charge >= 0.3 is 5.97 Å². The smallest absolute Gasteiger partial charge is 0.310 e. The molecule has 1 saturated heterocycles. The van der Waals surface area contributed by atoms with Gasteiger partial charge < -0.3 is 5.11 Å². The van der Waals surface area contributed by atoms with Crippen LogP contribution in [-0.4, -0.2) is 29.1 Å². The molecule has 2 aromatic rings. The standard InChI is InChI=1S/C16H18ClNO2S/c1-2-16(15(19)20)7-8-18(10-16)9-13-14(17)11-5-3-4-6-12(11)21-13/h3-6H,2,7-10H2,1H3,(H,19,20). The number of halogens is 1. The van der Waals surface area contributed by atoms with E-state index in [-0.39, 0.29) is 0 Å². The fraction of sp³-hybridized carbons (Fsp3) is 0.438. The van der Waals surface area contributed by atoms with Crippen LogP contribution in [-0.2, 0) is 11.3 Å². The van der Waals surface area contributed by atoms with Gasteiger partial charge in [0.1, 0.15) is 0 Å². The molecule has 3 nitrogen and oxygen atoms in total. The largest absolute Gasteiger partial charge is 0.481 e. The molecule has 0 amide bonds. The molecule has 112 valence electrons. The van der Waals surface area contributed by atoms with E-state index in [2.05, 4.69) is 11.0 Å². The Kier molecular flexibility index (Phi) is 3.95. The van der Waals surface area contributed by atoms with E-state index in [0.29, 0.717) is 13.0 Å². The molecule has 1 aliphatic rings. The zero-order valence-electron chi connectivity index (χ0n) is 11.9. The molecule has 2 heterocycles. The van der Waals surface area contributed by atoms with Crippen LogP contribution in [0.3, 0.4) is 0 Å². The summed E-state index contributed by atoms with van der Waals surface area (Å²) >= 11 is 8.18. The summed E-state index contributed by atoms with van der Waals surface area (Å²) in [7, 11) is 0. The molecular weight excluding hydrogens is 306 g/mol. The average molecular weight is 324 g/mol. The summed E-state index contributed by atoms with van der Waals surface area (Å²) < 4.78 is 1.19. The number of nitrogens with zero attached hydrogens (tertiary/aromatic N) is 1. The van der Waals surface area contributed by atoms with E-state index in [4.69, 9.17) is 11.6 Å². The molecule has 1 N–H and O–H groups in total. The summed E-state index contributed by atoms with van der Waals surface area (Å²) in [4.78, 5) is 14.9. The number of hydrogen-bond donors (Lipinski definition) is 1. The van der Waals surface area contributed by atoms with Crippen molar-refractivity contribution >= 4 is 39.0 Å². The van der Waals surface area contributed by atoms with E-state index in [9.17, 15) is 9.90 Å². The van der Waals surface area contributed by atoms with E-state index >= 15 is 0 Å². The number of rotatable bonds is 4. The summed E-state index contributed by atoms with van der Waals surface area (Å²) in [5.74, 6) is -0.671. The summed E-state index contributed by atoms with van der Waals surface area (Å²) in [5, 5.41) is 11.4. The first kappa shape index (κ1) is 14.8. The van der Waals surface area contributed by atoms with Crippen LogP contribution >= 0.6 is 22.9 Å². The molecular formula is C16H18ClNO2S. The zero-order chi connectivity index (χ0) is 15.0. The van der Waals surface area contributed by atoms with Gasteiger partial charge in [-0.1, -0.05) is 36.7 Å². The zero-order valence-corrected chi connectivity index (χ0v) is 13.5. The molecule has 0 saturated carbocycles. The number of carboxylic acids is 1. The molecule has 1 fully saturated rings. The minimum atomic E-state index is -0.671. The third-order valence-electron chi connectivity index (χ3n) is 4.53. The Morgan fingerprint density at radius 3 is 2.86 bits per heavy atom. The van der Waals surface area contributed by atoms with Crippen molar-refractivity contribution in [3.05, 3.63) is 34.2 Å². The van der Waals surface area contributed by atoms with Crippen LogP contribution in [0.5, 0.6) is 0 Å². The maximum atomic E-state index is 11.5. The van der Waals surface area contributed by atoms with Crippen molar-refractivity contribution in [3.8, 4) is 0 Å². The normalized spacial score (nSPS) is 23.0. The number of carboxylic acid groups (broad SMARTS) is 1. The Labute approximate surface area is 133 Å². The fourth-order valence-electron chi connectivity index (χ4n) is 3.08. The predicted octanol–water partition coefficient (Wildman–Crippen LogP) is 4.24. The van der Waals surface area contributed by atoms with Gasteiger partial charge in [-0.2, -0.15) is 0 Å². The quantitative estimate of drug-likeness (QED) is 0.914. The molecule has 21 heavy (non-hydrogen) atoms. The number of benzene rings is 1. The molecule has 0 aliphatic carbocycles. The highest BCUT2D eigenvalue weighted by atomic mass is 35.5. The van der Waals surface area contributed by atoms with Crippen molar-refractivity contribution in [3.63, 3.8) is 0 Å². The highest BCUT2D eigenvalue weighted by molar-refractivity contribution is 7.19. The molecule has 3 rings (SSSR count). The number of likely N-dealkylation sites (tertiary alicyclic amines) is 1. The van der Waals surface area contributed by atoms with Crippen molar-refractivity contribution in [1.29, 1.82) is 0 Å². The first-order valence-electron chi connectivity index (χ1n) is 7.17. The average Bonchev–Trinajstić information content (AvgIpc) is 3.03. The first-order valence-corrected chi connectivity index (χ1v) is 8.37. The first-order chi connectivity index (χ1) is 10.1. The van der Waals surface area contributed by atoms with Gasteiger partial charge in [0.15, 0.2) is 0 Å². The van der Waals surface area contributed by atoms with E-state index < -0.39 is 11.4 Å². The number of aliphatic carboxylic acids is 1. The number of carbonyl (C=O) groups is 1. The second kappa shape index (κ2) is 5.59. The van der Waals surface area contributed by atoms with E-state index in [1.165, 1.54) is 4.70 Å². The van der Waals surface area contributed by atoms with Crippen LogP contribution in [0.25, 0.3) is 10.1 Å². The number of fused-ring (bicyclic) bond motifs is 1. The van der Waals surface area contributed by atoms with Crippen LogP contribution in [0.4, 0.5) is 0 Å². The molecule has 1 unspecified atom stereocenters. The Morgan fingerprint density at radius 2 is 2.24 bits per heavy atom. The van der Waals surface area contributed by atoms with Gasteiger partial charge in [-0.3, -0.25) is 9.69 Å².